The molecule has 2 heterocycles. The molecule has 0 unspecified atom stereocenters. The molecular formula is C7H6BrN3O. The van der Waals surface area contributed by atoms with Gasteiger partial charge in [-0.2, -0.15) is 5.10 Å². The molecule has 0 bridgehead atoms. The lowest BCUT2D eigenvalue weighted by Crippen LogP contribution is -1.92. The van der Waals surface area contributed by atoms with E-state index in [1.807, 2.05) is 19.2 Å². The molecule has 4 nitrogen and oxygen atoms in total. The van der Waals surface area contributed by atoms with Gasteiger partial charge in [0.1, 0.15) is 5.76 Å². The lowest BCUT2D eigenvalue weighted by atomic mass is 10.5. The van der Waals surface area contributed by atoms with Crippen molar-refractivity contribution in [2.45, 2.75) is 6.92 Å². The predicted octanol–water partition coefficient (Wildman–Crippen LogP) is 1.93. The maximum Gasteiger partial charge on any atom is 0.196 e. The Morgan fingerprint density at radius 2 is 2.42 bits per heavy atom. The van der Waals surface area contributed by atoms with Crippen LogP contribution in [0.2, 0.25) is 0 Å². The van der Waals surface area contributed by atoms with E-state index >= 15 is 0 Å². The van der Waals surface area contributed by atoms with E-state index in [-0.39, 0.29) is 0 Å². The molecule has 0 N–H and O–H groups in total. The molecule has 0 aliphatic heterocycles. The summed E-state index contributed by atoms with van der Waals surface area (Å²) in [5.74, 6) is 1.47. The Morgan fingerprint density at radius 3 is 2.92 bits per heavy atom. The van der Waals surface area contributed by atoms with Crippen molar-refractivity contribution >= 4 is 15.9 Å². The number of hydrogen-bond donors (Lipinski definition) is 0. The van der Waals surface area contributed by atoms with Crippen LogP contribution in [-0.2, 0) is 0 Å². The van der Waals surface area contributed by atoms with Crippen molar-refractivity contribution in [2.24, 2.45) is 0 Å². The fourth-order valence-electron chi connectivity index (χ4n) is 0.887. The number of aryl methyl sites for hydroxylation is 1. The highest BCUT2D eigenvalue weighted by Crippen LogP contribution is 2.11. The summed E-state index contributed by atoms with van der Waals surface area (Å²) in [6.45, 7) is 1.84. The third kappa shape index (κ3) is 1.27. The van der Waals surface area contributed by atoms with E-state index in [2.05, 4.69) is 26.2 Å². The van der Waals surface area contributed by atoms with Gasteiger partial charge in [-0.05, 0) is 22.9 Å². The van der Waals surface area contributed by atoms with Crippen molar-refractivity contribution in [3.8, 4) is 5.82 Å². The molecule has 0 aliphatic rings. The van der Waals surface area contributed by atoms with Crippen molar-refractivity contribution in [1.29, 1.82) is 0 Å². The Bertz CT molecular complexity index is 355. The van der Waals surface area contributed by atoms with Crippen molar-refractivity contribution in [3.63, 3.8) is 0 Å². The standard InChI is InChI=1S/C7H6BrN3O/c1-5-2-7(10-12-5)11-4-6(8)3-9-11/h2-4H,1H3. The number of rotatable bonds is 1. The maximum atomic E-state index is 4.90. The van der Waals surface area contributed by atoms with E-state index in [0.717, 1.165) is 10.2 Å². The van der Waals surface area contributed by atoms with E-state index in [4.69, 9.17) is 4.52 Å². The molecule has 2 aromatic rings. The van der Waals surface area contributed by atoms with Crippen LogP contribution in [0.5, 0.6) is 0 Å². The number of hydrogen-bond acceptors (Lipinski definition) is 3. The smallest absolute Gasteiger partial charge is 0.196 e. The Hall–Kier alpha value is -1.10. The Balaban J connectivity index is 2.43. The summed E-state index contributed by atoms with van der Waals surface area (Å²) in [7, 11) is 0. The molecule has 62 valence electrons. The first-order valence-electron chi connectivity index (χ1n) is 3.39. The Labute approximate surface area is 77.3 Å². The highest BCUT2D eigenvalue weighted by atomic mass is 79.9. The average Bonchev–Trinajstić information content (AvgIpc) is 2.58. The predicted molar refractivity (Wildman–Crippen MR) is 46.1 cm³/mol. The van der Waals surface area contributed by atoms with Gasteiger partial charge >= 0.3 is 0 Å². The summed E-state index contributed by atoms with van der Waals surface area (Å²) in [5.41, 5.74) is 0. The van der Waals surface area contributed by atoms with E-state index in [1.54, 1.807) is 10.9 Å². The summed E-state index contributed by atoms with van der Waals surface area (Å²) in [5, 5.41) is 7.85. The van der Waals surface area contributed by atoms with Crippen LogP contribution < -0.4 is 0 Å². The van der Waals surface area contributed by atoms with Crippen LogP contribution in [0.15, 0.2) is 27.5 Å². The van der Waals surface area contributed by atoms with Crippen molar-refractivity contribution in [2.75, 3.05) is 0 Å². The van der Waals surface area contributed by atoms with Crippen LogP contribution in [0.25, 0.3) is 5.82 Å². The van der Waals surface area contributed by atoms with Gasteiger partial charge in [0.05, 0.1) is 10.7 Å². The van der Waals surface area contributed by atoms with Crippen LogP contribution >= 0.6 is 15.9 Å². The molecule has 0 aromatic carbocycles. The molecule has 0 atom stereocenters. The lowest BCUT2D eigenvalue weighted by molar-refractivity contribution is 0.393. The summed E-state index contributed by atoms with van der Waals surface area (Å²) >= 11 is 3.29. The first kappa shape index (κ1) is 7.54. The molecule has 0 fully saturated rings. The molecule has 0 radical (unpaired) electrons. The molecule has 12 heavy (non-hydrogen) atoms. The second-order valence-corrected chi connectivity index (χ2v) is 3.31. The molecule has 0 aliphatic carbocycles. The normalized spacial score (nSPS) is 10.5. The van der Waals surface area contributed by atoms with Gasteiger partial charge in [-0.1, -0.05) is 5.16 Å². The fourth-order valence-corrected chi connectivity index (χ4v) is 1.17. The minimum absolute atomic E-state index is 0.693. The number of halogens is 1. The maximum absolute atomic E-state index is 4.90. The molecular weight excluding hydrogens is 222 g/mol. The minimum atomic E-state index is 0.693. The largest absolute Gasteiger partial charge is 0.359 e. The van der Waals surface area contributed by atoms with Crippen LogP contribution in [-0.4, -0.2) is 14.9 Å². The molecule has 2 rings (SSSR count). The monoisotopic (exact) mass is 227 g/mol. The number of nitrogens with zero attached hydrogens (tertiary/aromatic N) is 3. The van der Waals surface area contributed by atoms with Crippen LogP contribution in [0.4, 0.5) is 0 Å². The first-order valence-corrected chi connectivity index (χ1v) is 4.19. The first-order chi connectivity index (χ1) is 5.75. The highest BCUT2D eigenvalue weighted by molar-refractivity contribution is 9.10. The van der Waals surface area contributed by atoms with Gasteiger partial charge in [0.25, 0.3) is 0 Å². The van der Waals surface area contributed by atoms with Gasteiger partial charge in [-0.3, -0.25) is 0 Å². The van der Waals surface area contributed by atoms with Crippen LogP contribution in [0.3, 0.4) is 0 Å². The van der Waals surface area contributed by atoms with Crippen LogP contribution in [0, 0.1) is 6.92 Å². The van der Waals surface area contributed by atoms with Gasteiger partial charge in [-0.15, -0.1) is 0 Å². The van der Waals surface area contributed by atoms with Crippen molar-refractivity contribution in [3.05, 3.63) is 28.7 Å². The van der Waals surface area contributed by atoms with E-state index in [9.17, 15) is 0 Å². The van der Waals surface area contributed by atoms with Crippen molar-refractivity contribution in [1.82, 2.24) is 14.9 Å². The SMILES string of the molecule is Cc1cc(-n2cc(Br)cn2)no1. The summed E-state index contributed by atoms with van der Waals surface area (Å²) in [6, 6.07) is 1.82. The topological polar surface area (TPSA) is 43.9 Å². The molecule has 5 heteroatoms. The second kappa shape index (κ2) is 2.75. The zero-order chi connectivity index (χ0) is 8.55. The molecule has 0 amide bonds. The quantitative estimate of drug-likeness (QED) is 0.748. The minimum Gasteiger partial charge on any atom is -0.359 e. The van der Waals surface area contributed by atoms with Crippen molar-refractivity contribution < 1.29 is 4.52 Å². The average molecular weight is 228 g/mol. The third-order valence-electron chi connectivity index (χ3n) is 1.40. The Morgan fingerprint density at radius 1 is 1.58 bits per heavy atom. The summed E-state index contributed by atoms with van der Waals surface area (Å²) in [4.78, 5) is 0. The molecule has 0 saturated heterocycles. The molecule has 0 saturated carbocycles. The summed E-state index contributed by atoms with van der Waals surface area (Å²) in [6.07, 6.45) is 3.52. The highest BCUT2D eigenvalue weighted by Gasteiger charge is 2.03. The number of aromatic nitrogens is 3. The van der Waals surface area contributed by atoms with E-state index < -0.39 is 0 Å². The lowest BCUT2D eigenvalue weighted by Gasteiger charge is -1.89. The van der Waals surface area contributed by atoms with Gasteiger partial charge in [0.15, 0.2) is 5.82 Å². The second-order valence-electron chi connectivity index (χ2n) is 2.40. The van der Waals surface area contributed by atoms with Gasteiger partial charge < -0.3 is 4.52 Å². The van der Waals surface area contributed by atoms with Gasteiger partial charge in [0.2, 0.25) is 0 Å². The zero-order valence-electron chi connectivity index (χ0n) is 6.36. The Kier molecular flexibility index (Phi) is 1.73. The molecule has 2 aromatic heterocycles. The zero-order valence-corrected chi connectivity index (χ0v) is 7.95. The fraction of sp³-hybridized carbons (Fsp3) is 0.143. The van der Waals surface area contributed by atoms with E-state index in [0.29, 0.717) is 5.82 Å². The van der Waals surface area contributed by atoms with Gasteiger partial charge in [0, 0.05) is 12.3 Å². The van der Waals surface area contributed by atoms with Gasteiger partial charge in [-0.25, -0.2) is 4.68 Å². The summed E-state index contributed by atoms with van der Waals surface area (Å²) < 4.78 is 7.46. The third-order valence-corrected chi connectivity index (χ3v) is 1.81. The molecule has 0 spiro atoms. The van der Waals surface area contributed by atoms with Crippen LogP contribution in [0.1, 0.15) is 5.76 Å². The van der Waals surface area contributed by atoms with E-state index in [1.165, 1.54) is 0 Å².